The Kier molecular flexibility index (Phi) is 3.27. The van der Waals surface area contributed by atoms with E-state index in [0.717, 1.165) is 23.0 Å². The van der Waals surface area contributed by atoms with Crippen molar-refractivity contribution >= 4 is 17.6 Å². The first-order valence-corrected chi connectivity index (χ1v) is 7.11. The summed E-state index contributed by atoms with van der Waals surface area (Å²) in [4.78, 5) is 12.2. The number of hydrogen-bond acceptors (Lipinski definition) is 3. The van der Waals surface area contributed by atoms with Gasteiger partial charge in [0, 0.05) is 17.9 Å². The molecule has 1 aromatic rings. The number of hydrogen-bond donors (Lipinski definition) is 1. The molecule has 1 unspecified atom stereocenters. The standard InChI is InChI=1S/C15H18ClNO2/c1-19-14(18)15(17-9-10-2-3-10)7-11-4-5-13(16)6-12(11)8-15/h4-6,10,17H,2-3,7-9H2,1H3. The number of rotatable bonds is 4. The predicted octanol–water partition coefficient (Wildman–Crippen LogP) is 2.35. The highest BCUT2D eigenvalue weighted by molar-refractivity contribution is 6.30. The van der Waals surface area contributed by atoms with Gasteiger partial charge in [-0.05, 0) is 48.6 Å². The molecule has 0 saturated heterocycles. The van der Waals surface area contributed by atoms with E-state index in [4.69, 9.17) is 16.3 Å². The molecule has 1 atom stereocenters. The average molecular weight is 280 g/mol. The molecule has 2 aliphatic carbocycles. The van der Waals surface area contributed by atoms with Crippen LogP contribution in [0.1, 0.15) is 24.0 Å². The molecule has 19 heavy (non-hydrogen) atoms. The Morgan fingerprint density at radius 2 is 2.16 bits per heavy atom. The molecule has 0 heterocycles. The maximum absolute atomic E-state index is 12.2. The summed E-state index contributed by atoms with van der Waals surface area (Å²) in [5, 5.41) is 4.18. The molecule has 2 aliphatic rings. The summed E-state index contributed by atoms with van der Waals surface area (Å²) >= 11 is 6.03. The number of nitrogens with one attached hydrogen (secondary N) is 1. The molecule has 0 radical (unpaired) electrons. The molecule has 1 N–H and O–H groups in total. The zero-order valence-electron chi connectivity index (χ0n) is 11.0. The predicted molar refractivity (Wildman–Crippen MR) is 74.3 cm³/mol. The number of benzene rings is 1. The minimum absolute atomic E-state index is 0.166. The Bertz CT molecular complexity index is 513. The fourth-order valence-electron chi connectivity index (χ4n) is 2.84. The zero-order valence-corrected chi connectivity index (χ0v) is 11.8. The summed E-state index contributed by atoms with van der Waals surface area (Å²) in [6.45, 7) is 0.900. The first kappa shape index (κ1) is 12.9. The van der Waals surface area contributed by atoms with Crippen molar-refractivity contribution in [2.24, 2.45) is 5.92 Å². The van der Waals surface area contributed by atoms with Gasteiger partial charge in [0.1, 0.15) is 5.54 Å². The first-order valence-electron chi connectivity index (χ1n) is 6.74. The van der Waals surface area contributed by atoms with Crippen molar-refractivity contribution in [3.63, 3.8) is 0 Å². The highest BCUT2D eigenvalue weighted by Gasteiger charge is 2.45. The highest BCUT2D eigenvalue weighted by Crippen LogP contribution is 2.35. The van der Waals surface area contributed by atoms with Crippen LogP contribution in [0.3, 0.4) is 0 Å². The van der Waals surface area contributed by atoms with E-state index < -0.39 is 5.54 Å². The van der Waals surface area contributed by atoms with Crippen LogP contribution < -0.4 is 5.32 Å². The summed E-state index contributed by atoms with van der Waals surface area (Å²) in [7, 11) is 1.46. The quantitative estimate of drug-likeness (QED) is 0.860. The van der Waals surface area contributed by atoms with Gasteiger partial charge in [0.05, 0.1) is 7.11 Å². The van der Waals surface area contributed by atoms with E-state index in [1.165, 1.54) is 25.5 Å². The summed E-state index contributed by atoms with van der Waals surface area (Å²) in [5.41, 5.74) is 1.75. The Morgan fingerprint density at radius 3 is 2.84 bits per heavy atom. The van der Waals surface area contributed by atoms with Crippen LogP contribution in [0.15, 0.2) is 18.2 Å². The minimum Gasteiger partial charge on any atom is -0.468 e. The van der Waals surface area contributed by atoms with E-state index in [1.807, 2.05) is 18.2 Å². The molecule has 1 aromatic carbocycles. The molecule has 102 valence electrons. The molecule has 3 nitrogen and oxygen atoms in total. The third-order valence-corrected chi connectivity index (χ3v) is 4.39. The van der Waals surface area contributed by atoms with E-state index in [0.29, 0.717) is 12.8 Å². The van der Waals surface area contributed by atoms with Crippen molar-refractivity contribution in [2.45, 2.75) is 31.2 Å². The van der Waals surface area contributed by atoms with E-state index >= 15 is 0 Å². The summed E-state index contributed by atoms with van der Waals surface area (Å²) in [6.07, 6.45) is 3.90. The molecular weight excluding hydrogens is 262 g/mol. The van der Waals surface area contributed by atoms with Gasteiger partial charge in [-0.25, -0.2) is 0 Å². The lowest BCUT2D eigenvalue weighted by atomic mass is 9.95. The second-order valence-electron chi connectivity index (χ2n) is 5.66. The van der Waals surface area contributed by atoms with E-state index in [-0.39, 0.29) is 5.97 Å². The van der Waals surface area contributed by atoms with Gasteiger partial charge in [-0.15, -0.1) is 0 Å². The van der Waals surface area contributed by atoms with Crippen LogP contribution in [-0.4, -0.2) is 25.2 Å². The largest absolute Gasteiger partial charge is 0.468 e. The van der Waals surface area contributed by atoms with Crippen LogP contribution in [0.4, 0.5) is 0 Å². The van der Waals surface area contributed by atoms with Crippen LogP contribution in [0.2, 0.25) is 5.02 Å². The molecule has 0 aliphatic heterocycles. The summed E-state index contributed by atoms with van der Waals surface area (Å²) in [6, 6.07) is 5.86. The second-order valence-corrected chi connectivity index (χ2v) is 6.10. The lowest BCUT2D eigenvalue weighted by molar-refractivity contribution is -0.148. The fourth-order valence-corrected chi connectivity index (χ4v) is 3.04. The van der Waals surface area contributed by atoms with Crippen molar-refractivity contribution in [3.8, 4) is 0 Å². The van der Waals surface area contributed by atoms with E-state index in [2.05, 4.69) is 5.32 Å². The lowest BCUT2D eigenvalue weighted by Crippen LogP contribution is -2.54. The first-order chi connectivity index (χ1) is 9.13. The number of halogens is 1. The SMILES string of the molecule is COC(=O)C1(NCC2CC2)Cc2ccc(Cl)cc2C1. The van der Waals surface area contributed by atoms with Gasteiger partial charge in [0.15, 0.2) is 0 Å². The highest BCUT2D eigenvalue weighted by atomic mass is 35.5. The monoisotopic (exact) mass is 279 g/mol. The zero-order chi connectivity index (χ0) is 13.5. The van der Waals surface area contributed by atoms with Gasteiger partial charge >= 0.3 is 5.97 Å². The lowest BCUT2D eigenvalue weighted by Gasteiger charge is -2.27. The maximum Gasteiger partial charge on any atom is 0.326 e. The van der Waals surface area contributed by atoms with Crippen LogP contribution in [0.5, 0.6) is 0 Å². The van der Waals surface area contributed by atoms with Gasteiger partial charge in [0.2, 0.25) is 0 Å². The number of methoxy groups -OCH3 is 1. The maximum atomic E-state index is 12.2. The number of esters is 1. The third kappa shape index (κ3) is 2.49. The van der Waals surface area contributed by atoms with Gasteiger partial charge in [-0.2, -0.15) is 0 Å². The molecule has 0 spiro atoms. The van der Waals surface area contributed by atoms with Crippen molar-refractivity contribution in [1.29, 1.82) is 0 Å². The molecule has 0 bridgehead atoms. The van der Waals surface area contributed by atoms with Gasteiger partial charge in [-0.3, -0.25) is 4.79 Å². The minimum atomic E-state index is -0.593. The van der Waals surface area contributed by atoms with Gasteiger partial charge < -0.3 is 10.1 Å². The Balaban J connectivity index is 1.83. The molecule has 3 rings (SSSR count). The normalized spacial score (nSPS) is 25.2. The Labute approximate surface area is 118 Å². The Morgan fingerprint density at radius 1 is 1.42 bits per heavy atom. The van der Waals surface area contributed by atoms with Gasteiger partial charge in [0.25, 0.3) is 0 Å². The van der Waals surface area contributed by atoms with Gasteiger partial charge in [-0.1, -0.05) is 17.7 Å². The smallest absolute Gasteiger partial charge is 0.326 e. The van der Waals surface area contributed by atoms with Crippen LogP contribution in [0, 0.1) is 5.92 Å². The Hall–Kier alpha value is -1.06. The summed E-state index contributed by atoms with van der Waals surface area (Å²) in [5.74, 6) is 0.564. The fraction of sp³-hybridized carbons (Fsp3) is 0.533. The van der Waals surface area contributed by atoms with Crippen molar-refractivity contribution in [3.05, 3.63) is 34.3 Å². The molecule has 0 aromatic heterocycles. The number of fused-ring (bicyclic) bond motifs is 1. The summed E-state index contributed by atoms with van der Waals surface area (Å²) < 4.78 is 5.02. The van der Waals surface area contributed by atoms with E-state index in [9.17, 15) is 4.79 Å². The van der Waals surface area contributed by atoms with Crippen molar-refractivity contribution < 1.29 is 9.53 Å². The van der Waals surface area contributed by atoms with Crippen LogP contribution >= 0.6 is 11.6 Å². The molecule has 1 fully saturated rings. The average Bonchev–Trinajstić information content (AvgIpc) is 3.16. The molecular formula is C15H18ClNO2. The van der Waals surface area contributed by atoms with Crippen molar-refractivity contribution in [2.75, 3.05) is 13.7 Å². The van der Waals surface area contributed by atoms with Crippen molar-refractivity contribution in [1.82, 2.24) is 5.32 Å². The topological polar surface area (TPSA) is 38.3 Å². The van der Waals surface area contributed by atoms with E-state index in [1.54, 1.807) is 0 Å². The third-order valence-electron chi connectivity index (χ3n) is 4.15. The number of carbonyl (C=O) groups is 1. The number of carbonyl (C=O) groups excluding carboxylic acids is 1. The van der Waals surface area contributed by atoms with Crippen LogP contribution in [0.25, 0.3) is 0 Å². The molecule has 1 saturated carbocycles. The molecule has 4 heteroatoms. The second kappa shape index (κ2) is 4.80. The molecule has 0 amide bonds. The number of ether oxygens (including phenoxy) is 1. The van der Waals surface area contributed by atoms with Crippen LogP contribution in [-0.2, 0) is 22.4 Å².